The van der Waals surface area contributed by atoms with E-state index in [1.54, 1.807) is 12.3 Å². The second-order valence-corrected chi connectivity index (χ2v) is 5.23. The molecule has 3 aromatic rings. The monoisotopic (exact) mass is 307 g/mol. The van der Waals surface area contributed by atoms with Gasteiger partial charge in [-0.25, -0.2) is 0 Å². The van der Waals surface area contributed by atoms with Crippen LogP contribution in [0.15, 0.2) is 36.5 Å². The highest BCUT2D eigenvalue weighted by Crippen LogP contribution is 2.32. The largest absolute Gasteiger partial charge is 0.506 e. The van der Waals surface area contributed by atoms with Crippen LogP contribution in [0.3, 0.4) is 0 Å². The van der Waals surface area contributed by atoms with Crippen LogP contribution in [0, 0.1) is 0 Å². The van der Waals surface area contributed by atoms with Gasteiger partial charge >= 0.3 is 0 Å². The summed E-state index contributed by atoms with van der Waals surface area (Å²) in [6, 6.07) is 9.03. The van der Waals surface area contributed by atoms with Gasteiger partial charge in [0.2, 0.25) is 0 Å². The van der Waals surface area contributed by atoms with Crippen LogP contribution in [0.1, 0.15) is 5.56 Å². The number of benzene rings is 2. The predicted octanol–water partition coefficient (Wildman–Crippen LogP) is 4.19. The average molecular weight is 308 g/mol. The summed E-state index contributed by atoms with van der Waals surface area (Å²) in [4.78, 5) is 0. The molecule has 0 amide bonds. The SMILES string of the molecule is Oc1c(Cl)cc(Cl)cc1CNc1cccc2cn[nH]c12. The number of para-hydroxylation sites is 1. The van der Waals surface area contributed by atoms with Crippen molar-refractivity contribution < 1.29 is 5.11 Å². The molecular weight excluding hydrogens is 297 g/mol. The van der Waals surface area contributed by atoms with Gasteiger partial charge in [0.25, 0.3) is 0 Å². The molecule has 3 rings (SSSR count). The zero-order chi connectivity index (χ0) is 14.1. The fourth-order valence-electron chi connectivity index (χ4n) is 2.06. The second kappa shape index (κ2) is 5.23. The molecule has 20 heavy (non-hydrogen) atoms. The van der Waals surface area contributed by atoms with E-state index in [-0.39, 0.29) is 10.8 Å². The van der Waals surface area contributed by atoms with E-state index < -0.39 is 0 Å². The van der Waals surface area contributed by atoms with E-state index in [0.717, 1.165) is 16.6 Å². The summed E-state index contributed by atoms with van der Waals surface area (Å²) in [5.74, 6) is 0.0420. The molecule has 0 aliphatic heterocycles. The van der Waals surface area contributed by atoms with E-state index >= 15 is 0 Å². The van der Waals surface area contributed by atoms with Crippen molar-refractivity contribution in [2.75, 3.05) is 5.32 Å². The Kier molecular flexibility index (Phi) is 3.42. The van der Waals surface area contributed by atoms with Crippen LogP contribution >= 0.6 is 23.2 Å². The van der Waals surface area contributed by atoms with Crippen molar-refractivity contribution in [3.8, 4) is 5.75 Å². The number of nitrogens with one attached hydrogen (secondary N) is 2. The number of aromatic nitrogens is 2. The summed E-state index contributed by atoms with van der Waals surface area (Å²) in [7, 11) is 0. The molecule has 0 radical (unpaired) electrons. The van der Waals surface area contributed by atoms with Gasteiger partial charge in [0.15, 0.2) is 0 Å². The van der Waals surface area contributed by atoms with Crippen molar-refractivity contribution in [1.82, 2.24) is 10.2 Å². The first-order valence-electron chi connectivity index (χ1n) is 5.98. The van der Waals surface area contributed by atoms with Crippen LogP contribution in [0.2, 0.25) is 10.0 Å². The van der Waals surface area contributed by atoms with Crippen LogP contribution in [-0.4, -0.2) is 15.3 Å². The van der Waals surface area contributed by atoms with Gasteiger partial charge in [0.1, 0.15) is 5.75 Å². The summed E-state index contributed by atoms with van der Waals surface area (Å²) in [6.45, 7) is 0.407. The van der Waals surface area contributed by atoms with E-state index in [1.807, 2.05) is 18.2 Å². The van der Waals surface area contributed by atoms with Crippen molar-refractivity contribution >= 4 is 39.8 Å². The minimum Gasteiger partial charge on any atom is -0.506 e. The third-order valence-electron chi connectivity index (χ3n) is 3.05. The topological polar surface area (TPSA) is 60.9 Å². The first-order valence-corrected chi connectivity index (χ1v) is 6.73. The molecule has 0 unspecified atom stereocenters. The van der Waals surface area contributed by atoms with Gasteiger partial charge < -0.3 is 10.4 Å². The van der Waals surface area contributed by atoms with Crippen LogP contribution in [0.4, 0.5) is 5.69 Å². The number of rotatable bonds is 3. The highest BCUT2D eigenvalue weighted by Gasteiger charge is 2.09. The van der Waals surface area contributed by atoms with Crippen molar-refractivity contribution in [2.45, 2.75) is 6.54 Å². The Morgan fingerprint density at radius 2 is 2.10 bits per heavy atom. The molecule has 0 aliphatic rings. The third kappa shape index (κ3) is 2.40. The normalized spacial score (nSPS) is 10.9. The minimum absolute atomic E-state index is 0.0420. The maximum atomic E-state index is 9.92. The van der Waals surface area contributed by atoms with E-state index in [4.69, 9.17) is 23.2 Å². The molecule has 0 fully saturated rings. The molecule has 0 saturated carbocycles. The van der Waals surface area contributed by atoms with Crippen molar-refractivity contribution in [1.29, 1.82) is 0 Å². The first-order chi connectivity index (χ1) is 9.65. The fraction of sp³-hybridized carbons (Fsp3) is 0.0714. The number of fused-ring (bicyclic) bond motifs is 1. The van der Waals surface area contributed by atoms with E-state index in [1.165, 1.54) is 6.07 Å². The molecular formula is C14H11Cl2N3O. The smallest absolute Gasteiger partial charge is 0.139 e. The number of nitrogens with zero attached hydrogens (tertiary/aromatic N) is 1. The lowest BCUT2D eigenvalue weighted by atomic mass is 10.2. The number of phenolic OH excluding ortho intramolecular Hbond substituents is 1. The van der Waals surface area contributed by atoms with E-state index in [9.17, 15) is 5.11 Å². The molecule has 102 valence electrons. The molecule has 0 bridgehead atoms. The van der Waals surface area contributed by atoms with Gasteiger partial charge in [-0.15, -0.1) is 0 Å². The third-order valence-corrected chi connectivity index (χ3v) is 3.56. The summed E-state index contributed by atoms with van der Waals surface area (Å²) in [5.41, 5.74) is 2.45. The lowest BCUT2D eigenvalue weighted by Crippen LogP contribution is -2.00. The number of anilines is 1. The Morgan fingerprint density at radius 1 is 1.25 bits per heavy atom. The van der Waals surface area contributed by atoms with Crippen LogP contribution in [0.25, 0.3) is 10.9 Å². The van der Waals surface area contributed by atoms with Gasteiger partial charge in [-0.05, 0) is 18.2 Å². The zero-order valence-corrected chi connectivity index (χ0v) is 11.8. The molecule has 2 aromatic carbocycles. The lowest BCUT2D eigenvalue weighted by molar-refractivity contribution is 0.469. The molecule has 3 N–H and O–H groups in total. The zero-order valence-electron chi connectivity index (χ0n) is 10.3. The fourth-order valence-corrected chi connectivity index (χ4v) is 2.60. The summed E-state index contributed by atoms with van der Waals surface area (Å²) in [5, 5.41) is 21.9. The number of H-pyrrole nitrogens is 1. The second-order valence-electron chi connectivity index (χ2n) is 4.39. The Balaban J connectivity index is 1.88. The van der Waals surface area contributed by atoms with E-state index in [0.29, 0.717) is 17.1 Å². The number of halogens is 2. The number of aromatic hydroxyl groups is 1. The average Bonchev–Trinajstić information content (AvgIpc) is 2.90. The van der Waals surface area contributed by atoms with E-state index in [2.05, 4.69) is 15.5 Å². The molecule has 1 heterocycles. The molecule has 0 saturated heterocycles. The number of aromatic amines is 1. The number of hydrogen-bond acceptors (Lipinski definition) is 3. The Labute approximate surface area is 125 Å². The van der Waals surface area contributed by atoms with Crippen molar-refractivity contribution in [3.63, 3.8) is 0 Å². The Morgan fingerprint density at radius 3 is 2.95 bits per heavy atom. The van der Waals surface area contributed by atoms with Crippen LogP contribution in [-0.2, 0) is 6.54 Å². The van der Waals surface area contributed by atoms with Crippen LogP contribution in [0.5, 0.6) is 5.75 Å². The van der Waals surface area contributed by atoms with Gasteiger partial charge in [-0.3, -0.25) is 5.10 Å². The summed E-state index contributed by atoms with van der Waals surface area (Å²) < 4.78 is 0. The molecule has 0 spiro atoms. The molecule has 1 aromatic heterocycles. The number of hydrogen-bond donors (Lipinski definition) is 3. The maximum Gasteiger partial charge on any atom is 0.139 e. The minimum atomic E-state index is 0.0420. The van der Waals surface area contributed by atoms with Gasteiger partial charge in [-0.1, -0.05) is 35.3 Å². The van der Waals surface area contributed by atoms with Gasteiger partial charge in [0.05, 0.1) is 22.4 Å². The quantitative estimate of drug-likeness (QED) is 0.680. The summed E-state index contributed by atoms with van der Waals surface area (Å²) >= 11 is 11.8. The van der Waals surface area contributed by atoms with Gasteiger partial charge in [0, 0.05) is 22.5 Å². The summed E-state index contributed by atoms with van der Waals surface area (Å²) in [6.07, 6.45) is 1.76. The lowest BCUT2D eigenvalue weighted by Gasteiger charge is -2.10. The highest BCUT2D eigenvalue weighted by atomic mass is 35.5. The highest BCUT2D eigenvalue weighted by molar-refractivity contribution is 6.35. The predicted molar refractivity (Wildman–Crippen MR) is 81.5 cm³/mol. The van der Waals surface area contributed by atoms with Crippen molar-refractivity contribution in [3.05, 3.63) is 52.1 Å². The molecule has 6 heteroatoms. The maximum absolute atomic E-state index is 9.92. The standard InChI is InChI=1S/C14H11Cl2N3O/c15-10-4-9(14(20)11(16)5-10)6-17-12-3-1-2-8-7-18-19-13(8)12/h1-5,7,17,20H,6H2,(H,18,19). The van der Waals surface area contributed by atoms with Gasteiger partial charge in [-0.2, -0.15) is 5.10 Å². The molecule has 4 nitrogen and oxygen atoms in total. The Hall–Kier alpha value is -1.91. The van der Waals surface area contributed by atoms with Crippen LogP contribution < -0.4 is 5.32 Å². The molecule has 0 aliphatic carbocycles. The first kappa shape index (κ1) is 13.1. The number of phenols is 1. The van der Waals surface area contributed by atoms with Crippen molar-refractivity contribution in [2.24, 2.45) is 0 Å². The Bertz CT molecular complexity index is 770. The molecule has 0 atom stereocenters.